The number of likely N-dealkylation sites (N-methyl/N-ethyl adjacent to an activating group) is 2. The second kappa shape index (κ2) is 7.40. The van der Waals surface area contributed by atoms with Gasteiger partial charge in [0, 0.05) is 6.54 Å². The van der Waals surface area contributed by atoms with Crippen LogP contribution in [-0.2, 0) is 0 Å². The lowest BCUT2D eigenvalue weighted by Gasteiger charge is -2.24. The van der Waals surface area contributed by atoms with Crippen LogP contribution in [0.15, 0.2) is 4.52 Å². The molecule has 2 heterocycles. The Morgan fingerprint density at radius 2 is 2.25 bits per heavy atom. The summed E-state index contributed by atoms with van der Waals surface area (Å²) >= 11 is 1.78. The van der Waals surface area contributed by atoms with E-state index in [-0.39, 0.29) is 12.1 Å². The lowest BCUT2D eigenvalue weighted by atomic mass is 10.2. The van der Waals surface area contributed by atoms with E-state index in [1.165, 1.54) is 6.42 Å². The van der Waals surface area contributed by atoms with Crippen LogP contribution < -0.4 is 5.73 Å². The van der Waals surface area contributed by atoms with E-state index in [9.17, 15) is 0 Å². The van der Waals surface area contributed by atoms with E-state index in [2.05, 4.69) is 40.3 Å². The molecule has 0 spiro atoms. The lowest BCUT2D eigenvalue weighted by molar-refractivity contribution is 0.214. The molecule has 6 nitrogen and oxygen atoms in total. The number of nitrogens with zero attached hydrogens (tertiary/aromatic N) is 4. The molecular formula is C13H25N5OS. The smallest absolute Gasteiger partial charge is 0.243 e. The Morgan fingerprint density at radius 1 is 1.45 bits per heavy atom. The number of rotatable bonds is 5. The van der Waals surface area contributed by atoms with E-state index in [1.807, 2.05) is 0 Å². The molecule has 1 aromatic heterocycles. The van der Waals surface area contributed by atoms with Gasteiger partial charge < -0.3 is 15.2 Å². The van der Waals surface area contributed by atoms with Crippen LogP contribution in [-0.4, -0.2) is 65.7 Å². The molecule has 114 valence electrons. The minimum absolute atomic E-state index is 0.155. The Morgan fingerprint density at radius 3 is 3.00 bits per heavy atom. The fraction of sp³-hybridized carbons (Fsp3) is 0.846. The summed E-state index contributed by atoms with van der Waals surface area (Å²) in [4.78, 5) is 9.15. The van der Waals surface area contributed by atoms with Crippen molar-refractivity contribution in [1.29, 1.82) is 0 Å². The highest BCUT2D eigenvalue weighted by atomic mass is 32.2. The first kappa shape index (κ1) is 15.8. The van der Waals surface area contributed by atoms with Crippen molar-refractivity contribution in [3.05, 3.63) is 11.7 Å². The standard InChI is InChI=1S/C13H25N5OS/c1-17-6-4-7-18(2)11(9-17)12-15-13(19-16-12)10(14)5-8-20-3/h10-11H,4-9,14H2,1-3H3/t10-,11?/m1/s1. The predicted molar refractivity (Wildman–Crippen MR) is 81.7 cm³/mol. The highest BCUT2D eigenvalue weighted by Crippen LogP contribution is 2.22. The molecule has 2 rings (SSSR count). The largest absolute Gasteiger partial charge is 0.338 e. The van der Waals surface area contributed by atoms with Crippen molar-refractivity contribution in [1.82, 2.24) is 19.9 Å². The van der Waals surface area contributed by atoms with Crippen LogP contribution >= 0.6 is 11.8 Å². The van der Waals surface area contributed by atoms with Crippen molar-refractivity contribution < 1.29 is 4.52 Å². The Balaban J connectivity index is 2.06. The molecule has 1 saturated heterocycles. The molecule has 1 aromatic rings. The Labute approximate surface area is 125 Å². The number of hydrogen-bond donors (Lipinski definition) is 1. The normalized spacial score (nSPS) is 23.7. The third-order valence-corrected chi connectivity index (χ3v) is 4.42. The summed E-state index contributed by atoms with van der Waals surface area (Å²) in [6.45, 7) is 3.09. The van der Waals surface area contributed by atoms with Crippen LogP contribution in [0.2, 0.25) is 0 Å². The molecule has 1 unspecified atom stereocenters. The maximum Gasteiger partial charge on any atom is 0.243 e. The van der Waals surface area contributed by atoms with Crippen LogP contribution in [0, 0.1) is 0 Å². The summed E-state index contributed by atoms with van der Waals surface area (Å²) < 4.78 is 5.36. The van der Waals surface area contributed by atoms with Crippen LogP contribution in [0.4, 0.5) is 0 Å². The van der Waals surface area contributed by atoms with Crippen LogP contribution in [0.25, 0.3) is 0 Å². The first-order valence-corrected chi connectivity index (χ1v) is 8.48. The van der Waals surface area contributed by atoms with Gasteiger partial charge in [-0.15, -0.1) is 0 Å². The number of hydrogen-bond acceptors (Lipinski definition) is 7. The molecule has 0 amide bonds. The summed E-state index contributed by atoms with van der Waals surface area (Å²) in [6, 6.07) is 0.0327. The van der Waals surface area contributed by atoms with Gasteiger partial charge in [0.2, 0.25) is 5.89 Å². The molecule has 1 fully saturated rings. The second-order valence-electron chi connectivity index (χ2n) is 5.49. The second-order valence-corrected chi connectivity index (χ2v) is 6.48. The fourth-order valence-electron chi connectivity index (χ4n) is 2.45. The van der Waals surface area contributed by atoms with E-state index < -0.39 is 0 Å². The van der Waals surface area contributed by atoms with Gasteiger partial charge in [-0.05, 0) is 52.0 Å². The quantitative estimate of drug-likeness (QED) is 0.874. The topological polar surface area (TPSA) is 71.4 Å². The van der Waals surface area contributed by atoms with E-state index >= 15 is 0 Å². The van der Waals surface area contributed by atoms with Gasteiger partial charge in [0.05, 0.1) is 12.1 Å². The zero-order valence-electron chi connectivity index (χ0n) is 12.6. The molecule has 1 aliphatic heterocycles. The number of nitrogens with two attached hydrogens (primary N) is 1. The zero-order valence-corrected chi connectivity index (χ0v) is 13.4. The minimum atomic E-state index is -0.155. The van der Waals surface area contributed by atoms with Crippen molar-refractivity contribution in [3.8, 4) is 0 Å². The van der Waals surface area contributed by atoms with Crippen molar-refractivity contribution >= 4 is 11.8 Å². The van der Waals surface area contributed by atoms with Crippen LogP contribution in [0.1, 0.15) is 36.6 Å². The van der Waals surface area contributed by atoms with E-state index in [4.69, 9.17) is 10.3 Å². The molecule has 0 bridgehead atoms. The fourth-order valence-corrected chi connectivity index (χ4v) is 2.94. The highest BCUT2D eigenvalue weighted by Gasteiger charge is 2.27. The number of thioether (sulfide) groups is 1. The van der Waals surface area contributed by atoms with E-state index in [0.717, 1.165) is 37.6 Å². The monoisotopic (exact) mass is 299 g/mol. The van der Waals surface area contributed by atoms with Gasteiger partial charge in [-0.25, -0.2) is 0 Å². The average Bonchev–Trinajstić information content (AvgIpc) is 2.85. The Bertz CT molecular complexity index is 413. The van der Waals surface area contributed by atoms with Gasteiger partial charge >= 0.3 is 0 Å². The summed E-state index contributed by atoms with van der Waals surface area (Å²) in [5, 5.41) is 4.15. The molecule has 7 heteroatoms. The average molecular weight is 299 g/mol. The summed E-state index contributed by atoms with van der Waals surface area (Å²) in [7, 11) is 4.25. The van der Waals surface area contributed by atoms with Crippen molar-refractivity contribution in [3.63, 3.8) is 0 Å². The Hall–Kier alpha value is -0.630. The molecule has 0 aliphatic carbocycles. The zero-order chi connectivity index (χ0) is 14.5. The summed E-state index contributed by atoms with van der Waals surface area (Å²) in [5.74, 6) is 2.33. The molecule has 2 atom stereocenters. The summed E-state index contributed by atoms with van der Waals surface area (Å²) in [5.41, 5.74) is 6.08. The highest BCUT2D eigenvalue weighted by molar-refractivity contribution is 7.98. The van der Waals surface area contributed by atoms with Gasteiger partial charge in [0.1, 0.15) is 0 Å². The first-order chi connectivity index (χ1) is 9.61. The third kappa shape index (κ3) is 3.94. The van der Waals surface area contributed by atoms with Crippen molar-refractivity contribution in [2.75, 3.05) is 45.7 Å². The van der Waals surface area contributed by atoms with E-state index in [0.29, 0.717) is 5.89 Å². The maximum absolute atomic E-state index is 6.08. The Kier molecular flexibility index (Phi) is 5.83. The third-order valence-electron chi connectivity index (χ3n) is 3.77. The van der Waals surface area contributed by atoms with Gasteiger partial charge in [-0.2, -0.15) is 16.7 Å². The first-order valence-electron chi connectivity index (χ1n) is 7.08. The van der Waals surface area contributed by atoms with Crippen LogP contribution in [0.3, 0.4) is 0 Å². The molecule has 0 radical (unpaired) electrons. The molecule has 1 aliphatic rings. The maximum atomic E-state index is 6.08. The minimum Gasteiger partial charge on any atom is -0.338 e. The molecule has 0 aromatic carbocycles. The van der Waals surface area contributed by atoms with Gasteiger partial charge in [0.25, 0.3) is 0 Å². The van der Waals surface area contributed by atoms with Gasteiger partial charge in [-0.3, -0.25) is 4.90 Å². The van der Waals surface area contributed by atoms with Crippen LogP contribution in [0.5, 0.6) is 0 Å². The molecular weight excluding hydrogens is 274 g/mol. The predicted octanol–water partition coefficient (Wildman–Crippen LogP) is 1.13. The SMILES string of the molecule is CSCC[C@@H](N)c1nc(C2CN(C)CCCN2C)no1. The number of aromatic nitrogens is 2. The van der Waals surface area contributed by atoms with Gasteiger partial charge in [0.15, 0.2) is 5.82 Å². The summed E-state index contributed by atoms with van der Waals surface area (Å²) in [6.07, 6.45) is 4.10. The molecule has 20 heavy (non-hydrogen) atoms. The molecule has 2 N–H and O–H groups in total. The van der Waals surface area contributed by atoms with E-state index in [1.54, 1.807) is 11.8 Å². The van der Waals surface area contributed by atoms with Crippen molar-refractivity contribution in [2.24, 2.45) is 5.73 Å². The van der Waals surface area contributed by atoms with Gasteiger partial charge in [-0.1, -0.05) is 5.16 Å². The van der Waals surface area contributed by atoms with Crippen molar-refractivity contribution in [2.45, 2.75) is 24.9 Å². The lowest BCUT2D eigenvalue weighted by Crippen LogP contribution is -2.31. The molecule has 0 saturated carbocycles.